The molecular weight excluding hydrogens is 286 g/mol. The number of para-hydroxylation sites is 1. The Bertz CT molecular complexity index is 659. The molecule has 2 heterocycles. The van der Waals surface area contributed by atoms with Crippen LogP contribution in [-0.2, 0) is 9.53 Å². The first-order valence-corrected chi connectivity index (χ1v) is 7.10. The number of β-amino-alcohol motifs (C(OH)–C–C–N with tert-alkyl or cyclic N) is 1. The van der Waals surface area contributed by atoms with Crippen molar-refractivity contribution in [3.8, 4) is 5.88 Å². The number of amides is 1. The summed E-state index contributed by atoms with van der Waals surface area (Å²) in [6.07, 6.45) is 0.748. The van der Waals surface area contributed by atoms with Crippen LogP contribution in [0, 0.1) is 0 Å². The van der Waals surface area contributed by atoms with Gasteiger partial charge in [0.1, 0.15) is 6.33 Å². The molecule has 1 saturated heterocycles. The number of hydrogen-bond donors (Lipinski definition) is 1. The Hall–Kier alpha value is -2.25. The second-order valence-corrected chi connectivity index (χ2v) is 5.05. The van der Waals surface area contributed by atoms with Crippen LogP contribution in [0.5, 0.6) is 5.88 Å². The maximum atomic E-state index is 12.2. The minimum absolute atomic E-state index is 0.131. The van der Waals surface area contributed by atoms with Crippen LogP contribution in [0.4, 0.5) is 0 Å². The summed E-state index contributed by atoms with van der Waals surface area (Å²) in [6.45, 7) is 1.24. The molecular formula is C15H17N3O4. The predicted octanol–water partition coefficient (Wildman–Crippen LogP) is 0.228. The molecule has 1 unspecified atom stereocenters. The lowest BCUT2D eigenvalue weighted by Crippen LogP contribution is -2.40. The van der Waals surface area contributed by atoms with Gasteiger partial charge in [0.15, 0.2) is 6.61 Å². The summed E-state index contributed by atoms with van der Waals surface area (Å²) < 4.78 is 10.7. The molecule has 0 radical (unpaired) electrons. The van der Waals surface area contributed by atoms with Gasteiger partial charge in [-0.05, 0) is 12.1 Å². The van der Waals surface area contributed by atoms with E-state index in [1.54, 1.807) is 4.90 Å². The zero-order valence-corrected chi connectivity index (χ0v) is 12.0. The lowest BCUT2D eigenvalue weighted by atomic mass is 10.2. The summed E-state index contributed by atoms with van der Waals surface area (Å²) in [5, 5.41) is 10.4. The third-order valence-electron chi connectivity index (χ3n) is 3.44. The van der Waals surface area contributed by atoms with Crippen molar-refractivity contribution in [1.82, 2.24) is 14.9 Å². The fourth-order valence-electron chi connectivity index (χ4n) is 2.34. The van der Waals surface area contributed by atoms with Gasteiger partial charge in [0.05, 0.1) is 30.2 Å². The molecule has 1 atom stereocenters. The van der Waals surface area contributed by atoms with Crippen LogP contribution in [0.3, 0.4) is 0 Å². The normalized spacial score (nSPS) is 19.0. The molecule has 116 valence electrons. The molecule has 0 saturated carbocycles. The number of benzene rings is 1. The highest BCUT2D eigenvalue weighted by Crippen LogP contribution is 2.20. The van der Waals surface area contributed by atoms with Gasteiger partial charge in [0.25, 0.3) is 5.91 Å². The average Bonchev–Trinajstić information content (AvgIpc) is 2.77. The van der Waals surface area contributed by atoms with Gasteiger partial charge in [-0.1, -0.05) is 12.1 Å². The molecule has 1 amide bonds. The van der Waals surface area contributed by atoms with Crippen LogP contribution in [0.2, 0.25) is 0 Å². The zero-order chi connectivity index (χ0) is 15.4. The van der Waals surface area contributed by atoms with Gasteiger partial charge < -0.3 is 19.5 Å². The van der Waals surface area contributed by atoms with Gasteiger partial charge >= 0.3 is 0 Å². The van der Waals surface area contributed by atoms with Gasteiger partial charge in [-0.25, -0.2) is 9.97 Å². The first-order valence-electron chi connectivity index (χ1n) is 7.10. The molecule has 0 spiro atoms. The SMILES string of the molecule is O=C(COc1ncnc2ccccc12)N1CCOCC(O)C1. The van der Waals surface area contributed by atoms with Gasteiger partial charge in [-0.3, -0.25) is 4.79 Å². The largest absolute Gasteiger partial charge is 0.467 e. The van der Waals surface area contributed by atoms with Gasteiger partial charge in [-0.2, -0.15) is 0 Å². The Kier molecular flexibility index (Phi) is 4.45. The second kappa shape index (κ2) is 6.67. The fourth-order valence-corrected chi connectivity index (χ4v) is 2.34. The molecule has 1 fully saturated rings. The Labute approximate surface area is 127 Å². The number of aromatic nitrogens is 2. The van der Waals surface area contributed by atoms with Gasteiger partial charge in [-0.15, -0.1) is 0 Å². The van der Waals surface area contributed by atoms with Crippen molar-refractivity contribution in [1.29, 1.82) is 0 Å². The molecule has 1 aliphatic heterocycles. The highest BCUT2D eigenvalue weighted by molar-refractivity contribution is 5.84. The first-order chi connectivity index (χ1) is 10.7. The van der Waals surface area contributed by atoms with Crippen LogP contribution in [0.25, 0.3) is 10.9 Å². The summed E-state index contributed by atoms with van der Waals surface area (Å²) in [4.78, 5) is 22.0. The molecule has 2 aromatic rings. The fraction of sp³-hybridized carbons (Fsp3) is 0.400. The lowest BCUT2D eigenvalue weighted by Gasteiger charge is -2.21. The number of aliphatic hydroxyl groups excluding tert-OH is 1. The number of hydrogen-bond acceptors (Lipinski definition) is 6. The summed E-state index contributed by atoms with van der Waals surface area (Å²) in [5.41, 5.74) is 0.763. The average molecular weight is 303 g/mol. The maximum Gasteiger partial charge on any atom is 0.260 e. The molecule has 22 heavy (non-hydrogen) atoms. The van der Waals surface area contributed by atoms with Crippen molar-refractivity contribution in [2.24, 2.45) is 0 Å². The Morgan fingerprint density at radius 1 is 1.41 bits per heavy atom. The van der Waals surface area contributed by atoms with Gasteiger partial charge in [0, 0.05) is 13.1 Å². The molecule has 1 aromatic carbocycles. The van der Waals surface area contributed by atoms with E-state index in [1.807, 2.05) is 24.3 Å². The number of rotatable bonds is 3. The molecule has 0 aliphatic carbocycles. The summed E-state index contributed by atoms with van der Waals surface area (Å²) in [5.74, 6) is 0.179. The van der Waals surface area contributed by atoms with Crippen LogP contribution >= 0.6 is 0 Å². The Morgan fingerprint density at radius 3 is 3.18 bits per heavy atom. The predicted molar refractivity (Wildman–Crippen MR) is 78.4 cm³/mol. The van der Waals surface area contributed by atoms with E-state index in [1.165, 1.54) is 6.33 Å². The van der Waals surface area contributed by atoms with Crippen LogP contribution in [-0.4, -0.2) is 64.9 Å². The first kappa shape index (κ1) is 14.7. The third-order valence-corrected chi connectivity index (χ3v) is 3.44. The number of fused-ring (bicyclic) bond motifs is 1. The minimum atomic E-state index is -0.661. The van der Waals surface area contributed by atoms with E-state index >= 15 is 0 Å². The van der Waals surface area contributed by atoms with Crippen LogP contribution in [0.15, 0.2) is 30.6 Å². The van der Waals surface area contributed by atoms with E-state index in [0.717, 1.165) is 10.9 Å². The quantitative estimate of drug-likeness (QED) is 0.873. The van der Waals surface area contributed by atoms with Crippen molar-refractivity contribution in [2.45, 2.75) is 6.10 Å². The summed E-state index contributed by atoms with van der Waals surface area (Å²) in [7, 11) is 0. The monoisotopic (exact) mass is 303 g/mol. The highest BCUT2D eigenvalue weighted by atomic mass is 16.5. The topological polar surface area (TPSA) is 84.8 Å². The van der Waals surface area contributed by atoms with Crippen molar-refractivity contribution >= 4 is 16.8 Å². The summed E-state index contributed by atoms with van der Waals surface area (Å²) >= 11 is 0. The molecule has 7 nitrogen and oxygen atoms in total. The van der Waals surface area contributed by atoms with E-state index < -0.39 is 6.10 Å². The van der Waals surface area contributed by atoms with E-state index in [-0.39, 0.29) is 25.7 Å². The lowest BCUT2D eigenvalue weighted by molar-refractivity contribution is -0.134. The molecule has 3 rings (SSSR count). The molecule has 7 heteroatoms. The van der Waals surface area contributed by atoms with Crippen molar-refractivity contribution in [3.63, 3.8) is 0 Å². The maximum absolute atomic E-state index is 12.2. The van der Waals surface area contributed by atoms with Crippen molar-refractivity contribution in [3.05, 3.63) is 30.6 Å². The minimum Gasteiger partial charge on any atom is -0.467 e. The molecule has 1 aromatic heterocycles. The summed E-state index contributed by atoms with van der Waals surface area (Å²) in [6, 6.07) is 7.44. The Morgan fingerprint density at radius 2 is 2.27 bits per heavy atom. The highest BCUT2D eigenvalue weighted by Gasteiger charge is 2.21. The van der Waals surface area contributed by atoms with Crippen molar-refractivity contribution in [2.75, 3.05) is 32.9 Å². The molecule has 1 aliphatic rings. The molecule has 1 N–H and O–H groups in total. The standard InChI is InChI=1S/C15H17N3O4/c19-11-7-18(5-6-21-8-11)14(20)9-22-15-12-3-1-2-4-13(12)16-10-17-15/h1-4,10-11,19H,5-9H2. The zero-order valence-electron chi connectivity index (χ0n) is 12.0. The van der Waals surface area contributed by atoms with E-state index in [4.69, 9.17) is 9.47 Å². The number of aliphatic hydroxyl groups is 1. The second-order valence-electron chi connectivity index (χ2n) is 5.05. The van der Waals surface area contributed by atoms with E-state index in [9.17, 15) is 9.90 Å². The van der Waals surface area contributed by atoms with E-state index in [0.29, 0.717) is 19.0 Å². The Balaban J connectivity index is 1.67. The van der Waals surface area contributed by atoms with Crippen molar-refractivity contribution < 1.29 is 19.4 Å². The van der Waals surface area contributed by atoms with Crippen LogP contribution in [0.1, 0.15) is 0 Å². The number of carbonyl (C=O) groups excluding carboxylic acids is 1. The third kappa shape index (κ3) is 3.32. The van der Waals surface area contributed by atoms with Gasteiger partial charge in [0.2, 0.25) is 5.88 Å². The number of carbonyl (C=O) groups is 1. The van der Waals surface area contributed by atoms with E-state index in [2.05, 4.69) is 9.97 Å². The smallest absolute Gasteiger partial charge is 0.260 e. The molecule has 0 bridgehead atoms. The number of ether oxygens (including phenoxy) is 2. The van der Waals surface area contributed by atoms with Crippen LogP contribution < -0.4 is 4.74 Å². The number of nitrogens with zero attached hydrogens (tertiary/aromatic N) is 3.